The number of nitrogens with zero attached hydrogens (tertiary/aromatic N) is 3. The lowest BCUT2D eigenvalue weighted by molar-refractivity contribution is -0.120. The molecule has 0 aliphatic heterocycles. The Morgan fingerprint density at radius 2 is 2.00 bits per heavy atom. The quantitative estimate of drug-likeness (QED) is 0.351. The summed E-state index contributed by atoms with van der Waals surface area (Å²) in [6.07, 6.45) is 2.67. The Morgan fingerprint density at radius 1 is 1.26 bits per heavy atom. The summed E-state index contributed by atoms with van der Waals surface area (Å²) in [5.41, 5.74) is 2.37. The highest BCUT2D eigenvalue weighted by atomic mass is 32.2. The third-order valence-corrected chi connectivity index (χ3v) is 6.96. The molecule has 2 heterocycles. The molecule has 31 heavy (non-hydrogen) atoms. The number of benzene rings is 1. The van der Waals surface area contributed by atoms with E-state index < -0.39 is 0 Å². The summed E-state index contributed by atoms with van der Waals surface area (Å²) in [4.78, 5) is 13.8. The Labute approximate surface area is 193 Å². The predicted octanol–water partition coefficient (Wildman–Crippen LogP) is 5.33. The Bertz CT molecular complexity index is 1000. The van der Waals surface area contributed by atoms with E-state index >= 15 is 0 Å². The first kappa shape index (κ1) is 23.3. The molecule has 0 aliphatic carbocycles. The zero-order valence-electron chi connectivity index (χ0n) is 18.6. The molecule has 3 aromatic rings. The van der Waals surface area contributed by atoms with Crippen LogP contribution in [0.25, 0.3) is 11.4 Å². The summed E-state index contributed by atoms with van der Waals surface area (Å²) in [5, 5.41) is 14.3. The average molecular weight is 455 g/mol. The maximum atomic E-state index is 12.5. The summed E-state index contributed by atoms with van der Waals surface area (Å²) >= 11 is 3.13. The number of nitrogens with one attached hydrogen (secondary N) is 1. The second-order valence-corrected chi connectivity index (χ2v) is 10.8. The zero-order valence-corrected chi connectivity index (χ0v) is 20.2. The Hall–Kier alpha value is -2.38. The summed E-state index contributed by atoms with van der Waals surface area (Å²) < 4.78 is 2.01. The van der Waals surface area contributed by atoms with Gasteiger partial charge in [-0.3, -0.25) is 9.36 Å². The van der Waals surface area contributed by atoms with Crippen molar-refractivity contribution in [1.82, 2.24) is 20.1 Å². The van der Waals surface area contributed by atoms with Crippen LogP contribution in [0.3, 0.4) is 0 Å². The first-order valence-electron chi connectivity index (χ1n) is 10.4. The van der Waals surface area contributed by atoms with Crippen molar-refractivity contribution in [3.05, 3.63) is 64.9 Å². The van der Waals surface area contributed by atoms with Gasteiger partial charge in [-0.05, 0) is 35.8 Å². The van der Waals surface area contributed by atoms with E-state index in [1.165, 1.54) is 22.2 Å². The van der Waals surface area contributed by atoms with E-state index in [1.807, 2.05) is 23.6 Å². The van der Waals surface area contributed by atoms with E-state index in [0.717, 1.165) is 23.0 Å². The SMILES string of the molecule is C=CCn1c(S[C@H](C)C(=O)NCCc2cccs2)nnc1-c1ccc(C(C)(C)C)cc1. The third kappa shape index (κ3) is 6.08. The minimum Gasteiger partial charge on any atom is -0.355 e. The second-order valence-electron chi connectivity index (χ2n) is 8.41. The van der Waals surface area contributed by atoms with E-state index in [9.17, 15) is 4.79 Å². The number of amides is 1. The lowest BCUT2D eigenvalue weighted by atomic mass is 9.87. The predicted molar refractivity (Wildman–Crippen MR) is 131 cm³/mol. The number of thioether (sulfide) groups is 1. The summed E-state index contributed by atoms with van der Waals surface area (Å²) in [6.45, 7) is 13.6. The number of hydrogen-bond donors (Lipinski definition) is 1. The van der Waals surface area contributed by atoms with Gasteiger partial charge in [0, 0.05) is 23.5 Å². The zero-order chi connectivity index (χ0) is 22.4. The number of aromatic nitrogens is 3. The molecule has 3 rings (SSSR count). The molecule has 164 valence electrons. The Balaban J connectivity index is 1.69. The van der Waals surface area contributed by atoms with E-state index in [1.54, 1.807) is 11.3 Å². The average Bonchev–Trinajstić information content (AvgIpc) is 3.38. The highest BCUT2D eigenvalue weighted by molar-refractivity contribution is 8.00. The fraction of sp³-hybridized carbons (Fsp3) is 0.375. The fourth-order valence-corrected chi connectivity index (χ4v) is 4.71. The van der Waals surface area contributed by atoms with Crippen molar-refractivity contribution in [2.75, 3.05) is 6.54 Å². The molecule has 1 aromatic carbocycles. The minimum atomic E-state index is -0.271. The molecule has 7 heteroatoms. The van der Waals surface area contributed by atoms with Gasteiger partial charge in [-0.25, -0.2) is 0 Å². The molecule has 2 aromatic heterocycles. The molecule has 1 N–H and O–H groups in total. The summed E-state index contributed by atoms with van der Waals surface area (Å²) in [6, 6.07) is 12.6. The highest BCUT2D eigenvalue weighted by Crippen LogP contribution is 2.29. The monoisotopic (exact) mass is 454 g/mol. The fourth-order valence-electron chi connectivity index (χ4n) is 3.12. The topological polar surface area (TPSA) is 59.8 Å². The lowest BCUT2D eigenvalue weighted by Crippen LogP contribution is -2.32. The van der Waals surface area contributed by atoms with Crippen LogP contribution in [0.4, 0.5) is 0 Å². The number of carbonyl (C=O) groups excluding carboxylic acids is 1. The molecule has 0 radical (unpaired) electrons. The molecule has 0 bridgehead atoms. The number of hydrogen-bond acceptors (Lipinski definition) is 5. The van der Waals surface area contributed by atoms with Crippen LogP contribution < -0.4 is 5.32 Å². The molecular weight excluding hydrogens is 424 g/mol. The second kappa shape index (κ2) is 10.3. The Morgan fingerprint density at radius 3 is 2.61 bits per heavy atom. The van der Waals surface area contributed by atoms with Crippen molar-refractivity contribution in [2.45, 2.75) is 56.5 Å². The van der Waals surface area contributed by atoms with Crippen LogP contribution >= 0.6 is 23.1 Å². The van der Waals surface area contributed by atoms with Crippen LogP contribution in [0.2, 0.25) is 0 Å². The molecular formula is C24H30N4OS2. The maximum Gasteiger partial charge on any atom is 0.233 e. The standard InChI is InChI=1S/C24H30N4OS2/c1-6-15-28-21(18-9-11-19(12-10-18)24(3,4)5)26-27-23(28)31-17(2)22(29)25-14-13-20-8-7-16-30-20/h6-12,16-17H,1,13-15H2,2-5H3,(H,25,29)/t17-/m1/s1. The molecule has 0 unspecified atom stereocenters. The number of rotatable bonds is 9. The maximum absolute atomic E-state index is 12.5. The minimum absolute atomic E-state index is 0.00536. The molecule has 0 saturated heterocycles. The van der Waals surface area contributed by atoms with Crippen LogP contribution in [0.5, 0.6) is 0 Å². The van der Waals surface area contributed by atoms with Crippen molar-refractivity contribution in [1.29, 1.82) is 0 Å². The first-order chi connectivity index (χ1) is 14.8. The van der Waals surface area contributed by atoms with Gasteiger partial charge >= 0.3 is 0 Å². The molecule has 1 amide bonds. The molecule has 5 nitrogen and oxygen atoms in total. The molecule has 0 spiro atoms. The van der Waals surface area contributed by atoms with Gasteiger partial charge in [-0.1, -0.05) is 68.9 Å². The van der Waals surface area contributed by atoms with Gasteiger partial charge in [0.15, 0.2) is 11.0 Å². The Kier molecular flexibility index (Phi) is 7.73. The van der Waals surface area contributed by atoms with Gasteiger partial charge in [-0.15, -0.1) is 28.1 Å². The molecule has 0 saturated carbocycles. The van der Waals surface area contributed by atoms with Crippen LogP contribution in [-0.4, -0.2) is 32.5 Å². The van der Waals surface area contributed by atoms with Gasteiger partial charge in [0.1, 0.15) is 0 Å². The van der Waals surface area contributed by atoms with E-state index in [0.29, 0.717) is 13.1 Å². The van der Waals surface area contributed by atoms with Gasteiger partial charge in [0.2, 0.25) is 5.91 Å². The number of carbonyl (C=O) groups is 1. The van der Waals surface area contributed by atoms with Gasteiger partial charge in [0.05, 0.1) is 5.25 Å². The van der Waals surface area contributed by atoms with Crippen LogP contribution in [0.15, 0.2) is 59.6 Å². The highest BCUT2D eigenvalue weighted by Gasteiger charge is 2.21. The first-order valence-corrected chi connectivity index (χ1v) is 12.2. The molecule has 0 aliphatic rings. The smallest absolute Gasteiger partial charge is 0.233 e. The van der Waals surface area contributed by atoms with E-state index in [-0.39, 0.29) is 16.6 Å². The van der Waals surface area contributed by atoms with Crippen molar-refractivity contribution < 1.29 is 4.79 Å². The van der Waals surface area contributed by atoms with Crippen molar-refractivity contribution in [2.24, 2.45) is 0 Å². The van der Waals surface area contributed by atoms with E-state index in [4.69, 9.17) is 0 Å². The van der Waals surface area contributed by atoms with Gasteiger partial charge < -0.3 is 5.32 Å². The van der Waals surface area contributed by atoms with E-state index in [2.05, 4.69) is 78.6 Å². The normalized spacial score (nSPS) is 12.5. The molecule has 0 fully saturated rings. The lowest BCUT2D eigenvalue weighted by Gasteiger charge is -2.19. The van der Waals surface area contributed by atoms with Crippen molar-refractivity contribution in [3.8, 4) is 11.4 Å². The summed E-state index contributed by atoms with van der Waals surface area (Å²) in [7, 11) is 0. The van der Waals surface area contributed by atoms with Crippen molar-refractivity contribution in [3.63, 3.8) is 0 Å². The largest absolute Gasteiger partial charge is 0.355 e. The van der Waals surface area contributed by atoms with Crippen LogP contribution in [0.1, 0.15) is 38.1 Å². The van der Waals surface area contributed by atoms with Crippen LogP contribution in [0, 0.1) is 0 Å². The third-order valence-electron chi connectivity index (χ3n) is 4.94. The van der Waals surface area contributed by atoms with Crippen molar-refractivity contribution >= 4 is 29.0 Å². The van der Waals surface area contributed by atoms with Gasteiger partial charge in [-0.2, -0.15) is 0 Å². The van der Waals surface area contributed by atoms with Crippen LogP contribution in [-0.2, 0) is 23.2 Å². The summed E-state index contributed by atoms with van der Waals surface area (Å²) in [5.74, 6) is 0.791. The number of thiophene rings is 1. The van der Waals surface area contributed by atoms with Gasteiger partial charge in [0.25, 0.3) is 0 Å². The molecule has 1 atom stereocenters. The number of allylic oxidation sites excluding steroid dienone is 1.